The molecular weight excluding hydrogens is 232 g/mol. The Bertz CT molecular complexity index is 568. The van der Waals surface area contributed by atoms with Gasteiger partial charge in [-0.2, -0.15) is 15.1 Å². The molecule has 0 saturated carbocycles. The van der Waals surface area contributed by atoms with Crippen LogP contribution in [0.1, 0.15) is 13.3 Å². The molecular formula is C11H16N6O. The quantitative estimate of drug-likeness (QED) is 0.663. The van der Waals surface area contributed by atoms with E-state index < -0.39 is 0 Å². The fraction of sp³-hybridized carbons (Fsp3) is 0.545. The van der Waals surface area contributed by atoms with Crippen LogP contribution in [0, 0.1) is 5.92 Å². The van der Waals surface area contributed by atoms with Crippen molar-refractivity contribution in [3.63, 3.8) is 0 Å². The van der Waals surface area contributed by atoms with Gasteiger partial charge in [-0.15, -0.1) is 0 Å². The number of aliphatic hydroxyl groups excluding tert-OH is 1. The number of β-amino-alcohol motifs (C(OH)–C–C–N with tert-alkyl or cyclic N) is 1. The van der Waals surface area contributed by atoms with E-state index in [2.05, 4.69) is 27.1 Å². The van der Waals surface area contributed by atoms with Crippen molar-refractivity contribution in [3.8, 4) is 0 Å². The Kier molecular flexibility index (Phi) is 2.55. The smallest absolute Gasteiger partial charge is 0.224 e. The first kappa shape index (κ1) is 11.2. The van der Waals surface area contributed by atoms with E-state index in [9.17, 15) is 5.11 Å². The number of piperidine rings is 1. The summed E-state index contributed by atoms with van der Waals surface area (Å²) >= 11 is 0. The van der Waals surface area contributed by atoms with Crippen molar-refractivity contribution < 1.29 is 5.11 Å². The van der Waals surface area contributed by atoms with Gasteiger partial charge in [0.05, 0.1) is 17.7 Å². The van der Waals surface area contributed by atoms with Gasteiger partial charge in [0.2, 0.25) is 5.95 Å². The van der Waals surface area contributed by atoms with Gasteiger partial charge in [0.1, 0.15) is 5.82 Å². The molecule has 4 N–H and O–H groups in total. The van der Waals surface area contributed by atoms with Crippen molar-refractivity contribution in [2.24, 2.45) is 5.92 Å². The summed E-state index contributed by atoms with van der Waals surface area (Å²) in [6.07, 6.45) is 2.29. The number of aromatic amines is 1. The van der Waals surface area contributed by atoms with E-state index in [0.717, 1.165) is 24.2 Å². The van der Waals surface area contributed by atoms with Crippen LogP contribution in [0.5, 0.6) is 0 Å². The van der Waals surface area contributed by atoms with Crippen LogP contribution in [0.2, 0.25) is 0 Å². The zero-order chi connectivity index (χ0) is 12.7. The molecule has 1 aliphatic rings. The molecule has 0 aromatic carbocycles. The Morgan fingerprint density at radius 1 is 1.50 bits per heavy atom. The maximum Gasteiger partial charge on any atom is 0.224 e. The predicted molar refractivity (Wildman–Crippen MR) is 68.1 cm³/mol. The van der Waals surface area contributed by atoms with Gasteiger partial charge >= 0.3 is 0 Å². The summed E-state index contributed by atoms with van der Waals surface area (Å²) in [5.41, 5.74) is 6.32. The number of hydrogen-bond acceptors (Lipinski definition) is 6. The molecule has 0 aliphatic carbocycles. The number of nitrogen functional groups attached to an aromatic ring is 1. The lowest BCUT2D eigenvalue weighted by molar-refractivity contribution is 0.103. The van der Waals surface area contributed by atoms with Gasteiger partial charge in [0, 0.05) is 13.1 Å². The molecule has 96 valence electrons. The van der Waals surface area contributed by atoms with Gasteiger partial charge in [-0.3, -0.25) is 5.10 Å². The average molecular weight is 248 g/mol. The maximum atomic E-state index is 9.96. The number of aliphatic hydroxyl groups is 1. The molecule has 2 aromatic heterocycles. The van der Waals surface area contributed by atoms with Crippen LogP contribution in [0.4, 0.5) is 11.8 Å². The second-order valence-corrected chi connectivity index (χ2v) is 4.82. The number of nitrogens with one attached hydrogen (secondary N) is 1. The molecule has 2 unspecified atom stereocenters. The highest BCUT2D eigenvalue weighted by Gasteiger charge is 2.26. The molecule has 0 bridgehead atoms. The predicted octanol–water partition coefficient (Wildman–Crippen LogP) is 0.142. The van der Waals surface area contributed by atoms with Gasteiger partial charge in [-0.1, -0.05) is 6.92 Å². The molecule has 1 fully saturated rings. The normalized spacial score (nSPS) is 24.7. The lowest BCUT2D eigenvalue weighted by Gasteiger charge is -2.35. The molecule has 1 saturated heterocycles. The summed E-state index contributed by atoms with van der Waals surface area (Å²) in [5, 5.41) is 17.5. The van der Waals surface area contributed by atoms with Crippen molar-refractivity contribution in [1.82, 2.24) is 20.2 Å². The lowest BCUT2D eigenvalue weighted by atomic mass is 9.96. The summed E-state index contributed by atoms with van der Waals surface area (Å²) in [6, 6.07) is 0. The minimum atomic E-state index is -0.336. The number of nitrogens with two attached hydrogens (primary N) is 1. The second kappa shape index (κ2) is 4.09. The van der Waals surface area contributed by atoms with Crippen LogP contribution in [0.25, 0.3) is 11.0 Å². The van der Waals surface area contributed by atoms with Gasteiger partial charge < -0.3 is 15.7 Å². The first-order valence-electron chi connectivity index (χ1n) is 6.05. The summed E-state index contributed by atoms with van der Waals surface area (Å²) in [6.45, 7) is 3.48. The minimum Gasteiger partial charge on any atom is -0.391 e. The number of rotatable bonds is 1. The van der Waals surface area contributed by atoms with E-state index in [1.54, 1.807) is 6.20 Å². The number of fused-ring (bicyclic) bond motifs is 1. The number of anilines is 2. The second-order valence-electron chi connectivity index (χ2n) is 4.82. The largest absolute Gasteiger partial charge is 0.391 e. The Morgan fingerprint density at radius 2 is 2.33 bits per heavy atom. The molecule has 7 heteroatoms. The van der Waals surface area contributed by atoms with Crippen LogP contribution in [-0.2, 0) is 0 Å². The van der Waals surface area contributed by atoms with Crippen LogP contribution in [0.15, 0.2) is 6.20 Å². The number of H-pyrrole nitrogens is 1. The zero-order valence-electron chi connectivity index (χ0n) is 10.2. The number of aromatic nitrogens is 4. The molecule has 2 atom stereocenters. The molecule has 7 nitrogen and oxygen atoms in total. The fourth-order valence-corrected chi connectivity index (χ4v) is 2.32. The molecule has 0 radical (unpaired) electrons. The third-order valence-electron chi connectivity index (χ3n) is 3.53. The molecule has 0 amide bonds. The van der Waals surface area contributed by atoms with Crippen LogP contribution in [-0.4, -0.2) is 44.5 Å². The standard InChI is InChI=1S/C11H16N6O/c1-6-2-3-17(5-8(6)18)10-7-4-13-16-9(7)14-11(12)15-10/h4,6,8,18H,2-3,5H2,1H3,(H3,12,13,14,15,16). The monoisotopic (exact) mass is 248 g/mol. The highest BCUT2D eigenvalue weighted by atomic mass is 16.3. The van der Waals surface area contributed by atoms with Crippen molar-refractivity contribution in [2.75, 3.05) is 23.7 Å². The Balaban J connectivity index is 2.01. The van der Waals surface area contributed by atoms with Crippen molar-refractivity contribution in [1.29, 1.82) is 0 Å². The zero-order valence-corrected chi connectivity index (χ0v) is 10.2. The Morgan fingerprint density at radius 3 is 3.11 bits per heavy atom. The molecule has 1 aliphatic heterocycles. The van der Waals surface area contributed by atoms with E-state index >= 15 is 0 Å². The first-order chi connectivity index (χ1) is 8.65. The van der Waals surface area contributed by atoms with E-state index in [-0.39, 0.29) is 12.1 Å². The molecule has 3 rings (SSSR count). The highest BCUT2D eigenvalue weighted by molar-refractivity contribution is 5.87. The fourth-order valence-electron chi connectivity index (χ4n) is 2.32. The summed E-state index contributed by atoms with van der Waals surface area (Å²) in [4.78, 5) is 10.4. The van der Waals surface area contributed by atoms with Crippen LogP contribution >= 0.6 is 0 Å². The lowest BCUT2D eigenvalue weighted by Crippen LogP contribution is -2.43. The van der Waals surface area contributed by atoms with Crippen molar-refractivity contribution >= 4 is 22.8 Å². The minimum absolute atomic E-state index is 0.217. The van der Waals surface area contributed by atoms with Gasteiger partial charge in [-0.05, 0) is 12.3 Å². The first-order valence-corrected chi connectivity index (χ1v) is 6.05. The number of hydrogen-bond donors (Lipinski definition) is 3. The molecule has 3 heterocycles. The SMILES string of the molecule is CC1CCN(c2nc(N)nc3[nH]ncc23)CC1O. The molecule has 0 spiro atoms. The van der Waals surface area contributed by atoms with Crippen LogP contribution < -0.4 is 10.6 Å². The van der Waals surface area contributed by atoms with E-state index in [0.29, 0.717) is 18.1 Å². The van der Waals surface area contributed by atoms with E-state index in [4.69, 9.17) is 5.73 Å². The van der Waals surface area contributed by atoms with E-state index in [1.807, 2.05) is 4.90 Å². The van der Waals surface area contributed by atoms with Gasteiger partial charge in [0.25, 0.3) is 0 Å². The van der Waals surface area contributed by atoms with Crippen LogP contribution in [0.3, 0.4) is 0 Å². The number of nitrogens with zero attached hydrogens (tertiary/aromatic N) is 4. The molecule has 18 heavy (non-hydrogen) atoms. The maximum absolute atomic E-state index is 9.96. The van der Waals surface area contributed by atoms with E-state index in [1.165, 1.54) is 0 Å². The average Bonchev–Trinajstić information content (AvgIpc) is 2.79. The van der Waals surface area contributed by atoms with Crippen molar-refractivity contribution in [2.45, 2.75) is 19.4 Å². The third-order valence-corrected chi connectivity index (χ3v) is 3.53. The summed E-state index contributed by atoms with van der Waals surface area (Å²) in [7, 11) is 0. The Labute approximate surface area is 104 Å². The third kappa shape index (κ3) is 1.76. The highest BCUT2D eigenvalue weighted by Crippen LogP contribution is 2.27. The van der Waals surface area contributed by atoms with Crippen molar-refractivity contribution in [3.05, 3.63) is 6.20 Å². The topological polar surface area (TPSA) is 104 Å². The van der Waals surface area contributed by atoms with Gasteiger partial charge in [0.15, 0.2) is 5.65 Å². The summed E-state index contributed by atoms with van der Waals surface area (Å²) in [5.74, 6) is 1.28. The Hall–Kier alpha value is -1.89. The summed E-state index contributed by atoms with van der Waals surface area (Å²) < 4.78 is 0. The molecule has 2 aromatic rings. The van der Waals surface area contributed by atoms with Gasteiger partial charge in [-0.25, -0.2) is 0 Å².